The van der Waals surface area contributed by atoms with E-state index < -0.39 is 0 Å². The van der Waals surface area contributed by atoms with Crippen molar-refractivity contribution in [2.75, 3.05) is 46.4 Å². The van der Waals surface area contributed by atoms with E-state index in [1.807, 2.05) is 0 Å². The first-order valence-electron chi connectivity index (χ1n) is 13.1. The molecule has 0 aromatic rings. The van der Waals surface area contributed by atoms with Gasteiger partial charge in [-0.25, -0.2) is 0 Å². The Labute approximate surface area is 191 Å². The van der Waals surface area contributed by atoms with E-state index in [4.69, 9.17) is 14.2 Å². The fourth-order valence-corrected chi connectivity index (χ4v) is 6.15. The molecule has 0 radical (unpaired) electrons. The standard InChI is InChI=1S/C26H50N2O3/c1-19(2)10-22-6-8-29-23(15-22)11-20(3)13-25-17-28(5)18-26(31-25)14-21(4)12-24-16-27-7-9-30-24/h19-27H,6-18H2,1-5H3. The molecule has 3 fully saturated rings. The van der Waals surface area contributed by atoms with Crippen LogP contribution in [0.2, 0.25) is 0 Å². The lowest BCUT2D eigenvalue weighted by Crippen LogP contribution is -2.47. The summed E-state index contributed by atoms with van der Waals surface area (Å²) in [6.07, 6.45) is 10.00. The molecule has 0 aromatic heterocycles. The van der Waals surface area contributed by atoms with Crippen LogP contribution in [0.15, 0.2) is 0 Å². The summed E-state index contributed by atoms with van der Waals surface area (Å²) in [4.78, 5) is 2.48. The second-order valence-corrected chi connectivity index (χ2v) is 11.5. The number of morpholine rings is 2. The molecule has 3 rings (SSSR count). The summed E-state index contributed by atoms with van der Waals surface area (Å²) in [6.45, 7) is 15.4. The molecule has 5 heteroatoms. The van der Waals surface area contributed by atoms with Crippen LogP contribution in [0.3, 0.4) is 0 Å². The lowest BCUT2D eigenvalue weighted by Gasteiger charge is -2.39. The maximum Gasteiger partial charge on any atom is 0.0708 e. The van der Waals surface area contributed by atoms with Crippen molar-refractivity contribution < 1.29 is 14.2 Å². The second kappa shape index (κ2) is 12.9. The smallest absolute Gasteiger partial charge is 0.0708 e. The largest absolute Gasteiger partial charge is 0.378 e. The van der Waals surface area contributed by atoms with Gasteiger partial charge in [-0.05, 0) is 75.7 Å². The molecule has 0 aliphatic carbocycles. The summed E-state index contributed by atoms with van der Waals surface area (Å²) in [5.74, 6) is 2.94. The summed E-state index contributed by atoms with van der Waals surface area (Å²) in [6, 6.07) is 0. The van der Waals surface area contributed by atoms with Gasteiger partial charge in [0, 0.05) is 32.8 Å². The molecule has 0 bridgehead atoms. The average Bonchev–Trinajstić information content (AvgIpc) is 2.67. The number of hydrogen-bond donors (Lipinski definition) is 1. The molecule has 0 saturated carbocycles. The molecule has 7 atom stereocenters. The highest BCUT2D eigenvalue weighted by atomic mass is 16.5. The summed E-state index contributed by atoms with van der Waals surface area (Å²) in [5, 5.41) is 3.45. The van der Waals surface area contributed by atoms with Crippen molar-refractivity contribution in [3.05, 3.63) is 0 Å². The molecule has 1 N–H and O–H groups in total. The number of ether oxygens (including phenoxy) is 3. The van der Waals surface area contributed by atoms with Crippen molar-refractivity contribution in [1.82, 2.24) is 10.2 Å². The van der Waals surface area contributed by atoms with Crippen LogP contribution < -0.4 is 5.32 Å². The lowest BCUT2D eigenvalue weighted by molar-refractivity contribution is -0.0988. The fourth-order valence-electron chi connectivity index (χ4n) is 6.15. The Morgan fingerprint density at radius 1 is 0.806 bits per heavy atom. The Morgan fingerprint density at radius 2 is 1.42 bits per heavy atom. The van der Waals surface area contributed by atoms with Gasteiger partial charge in [-0.3, -0.25) is 0 Å². The van der Waals surface area contributed by atoms with Gasteiger partial charge in [-0.1, -0.05) is 27.7 Å². The quantitative estimate of drug-likeness (QED) is 0.549. The predicted octanol–water partition coefficient (Wildman–Crippen LogP) is 4.35. The van der Waals surface area contributed by atoms with Crippen LogP contribution in [0, 0.1) is 23.7 Å². The van der Waals surface area contributed by atoms with Crippen molar-refractivity contribution in [3.8, 4) is 0 Å². The van der Waals surface area contributed by atoms with Crippen molar-refractivity contribution in [2.45, 2.75) is 97.1 Å². The molecule has 7 unspecified atom stereocenters. The Kier molecular flexibility index (Phi) is 10.6. The first-order valence-corrected chi connectivity index (χ1v) is 13.1. The molecular formula is C26H50N2O3. The zero-order valence-electron chi connectivity index (χ0n) is 21.0. The van der Waals surface area contributed by atoms with Crippen LogP contribution in [0.4, 0.5) is 0 Å². The van der Waals surface area contributed by atoms with Crippen LogP contribution in [-0.2, 0) is 14.2 Å². The highest BCUT2D eigenvalue weighted by Gasteiger charge is 2.30. The average molecular weight is 439 g/mol. The van der Waals surface area contributed by atoms with Crippen LogP contribution in [-0.4, -0.2) is 75.8 Å². The Hall–Kier alpha value is -0.200. The van der Waals surface area contributed by atoms with Crippen LogP contribution >= 0.6 is 0 Å². The zero-order valence-corrected chi connectivity index (χ0v) is 21.0. The molecule has 3 heterocycles. The maximum absolute atomic E-state index is 6.61. The molecule has 3 saturated heterocycles. The monoisotopic (exact) mass is 438 g/mol. The predicted molar refractivity (Wildman–Crippen MR) is 127 cm³/mol. The molecule has 0 aromatic carbocycles. The van der Waals surface area contributed by atoms with E-state index in [9.17, 15) is 0 Å². The third kappa shape index (κ3) is 9.29. The van der Waals surface area contributed by atoms with Crippen LogP contribution in [0.25, 0.3) is 0 Å². The van der Waals surface area contributed by atoms with Crippen molar-refractivity contribution >= 4 is 0 Å². The maximum atomic E-state index is 6.61. The van der Waals surface area contributed by atoms with E-state index in [2.05, 4.69) is 45.0 Å². The molecule has 3 aliphatic heterocycles. The summed E-state index contributed by atoms with van der Waals surface area (Å²) in [5.41, 5.74) is 0. The minimum Gasteiger partial charge on any atom is -0.378 e. The molecule has 3 aliphatic rings. The van der Waals surface area contributed by atoms with Gasteiger partial charge in [0.05, 0.1) is 31.0 Å². The highest BCUT2D eigenvalue weighted by molar-refractivity contribution is 4.82. The Bertz CT molecular complexity index is 497. The molecule has 5 nitrogen and oxygen atoms in total. The summed E-state index contributed by atoms with van der Waals surface area (Å²) < 4.78 is 18.7. The number of likely N-dealkylation sites (N-methyl/N-ethyl adjacent to an activating group) is 1. The van der Waals surface area contributed by atoms with E-state index in [0.29, 0.717) is 36.3 Å². The fraction of sp³-hybridized carbons (Fsp3) is 1.00. The van der Waals surface area contributed by atoms with E-state index in [0.717, 1.165) is 70.5 Å². The van der Waals surface area contributed by atoms with E-state index in [1.54, 1.807) is 0 Å². The van der Waals surface area contributed by atoms with Gasteiger partial charge in [0.15, 0.2) is 0 Å². The molecule has 0 spiro atoms. The van der Waals surface area contributed by atoms with Gasteiger partial charge < -0.3 is 24.4 Å². The number of hydrogen-bond acceptors (Lipinski definition) is 5. The molecule has 31 heavy (non-hydrogen) atoms. The van der Waals surface area contributed by atoms with E-state index >= 15 is 0 Å². The number of rotatable bonds is 10. The lowest BCUT2D eigenvalue weighted by atomic mass is 9.84. The van der Waals surface area contributed by atoms with E-state index in [1.165, 1.54) is 25.7 Å². The topological polar surface area (TPSA) is 43.0 Å². The highest BCUT2D eigenvalue weighted by Crippen LogP contribution is 2.31. The van der Waals surface area contributed by atoms with Crippen LogP contribution in [0.1, 0.15) is 72.6 Å². The summed E-state index contributed by atoms with van der Waals surface area (Å²) in [7, 11) is 2.26. The minimum atomic E-state index is 0.351. The van der Waals surface area contributed by atoms with Gasteiger partial charge in [-0.2, -0.15) is 0 Å². The van der Waals surface area contributed by atoms with Crippen molar-refractivity contribution in [3.63, 3.8) is 0 Å². The Balaban J connectivity index is 1.39. The van der Waals surface area contributed by atoms with Gasteiger partial charge >= 0.3 is 0 Å². The first kappa shape index (κ1) is 25.4. The number of nitrogens with zero attached hydrogens (tertiary/aromatic N) is 1. The summed E-state index contributed by atoms with van der Waals surface area (Å²) >= 11 is 0. The van der Waals surface area contributed by atoms with Gasteiger partial charge in [0.2, 0.25) is 0 Å². The van der Waals surface area contributed by atoms with Crippen LogP contribution in [0.5, 0.6) is 0 Å². The molecular weight excluding hydrogens is 388 g/mol. The SMILES string of the molecule is CC(C)CC1CCOC(CC(C)CC2CN(C)CC(CC(C)CC3CNCCO3)O2)C1. The molecule has 182 valence electrons. The third-order valence-electron chi connectivity index (χ3n) is 7.36. The van der Waals surface area contributed by atoms with Crippen molar-refractivity contribution in [1.29, 1.82) is 0 Å². The normalized spacial score (nSPS) is 35.2. The van der Waals surface area contributed by atoms with Gasteiger partial charge in [0.1, 0.15) is 0 Å². The van der Waals surface area contributed by atoms with Crippen molar-refractivity contribution in [2.24, 2.45) is 23.7 Å². The molecule has 0 amide bonds. The third-order valence-corrected chi connectivity index (χ3v) is 7.36. The Morgan fingerprint density at radius 3 is 2.03 bits per heavy atom. The second-order valence-electron chi connectivity index (χ2n) is 11.5. The zero-order chi connectivity index (χ0) is 22.2. The first-order chi connectivity index (χ1) is 14.9. The van der Waals surface area contributed by atoms with Gasteiger partial charge in [-0.15, -0.1) is 0 Å². The van der Waals surface area contributed by atoms with Gasteiger partial charge in [0.25, 0.3) is 0 Å². The minimum absolute atomic E-state index is 0.351. The number of nitrogens with one attached hydrogen (secondary N) is 1. The van der Waals surface area contributed by atoms with E-state index in [-0.39, 0.29) is 0 Å².